The van der Waals surface area contributed by atoms with Gasteiger partial charge >= 0.3 is 18.0 Å². The molecule has 372 valence electrons. The van der Waals surface area contributed by atoms with Gasteiger partial charge in [0.25, 0.3) is 0 Å². The van der Waals surface area contributed by atoms with Crippen LogP contribution >= 0.6 is 34.4 Å². The van der Waals surface area contributed by atoms with Gasteiger partial charge in [-0.15, -0.1) is 0 Å². The van der Waals surface area contributed by atoms with Gasteiger partial charge in [-0.05, 0) is 110 Å². The number of aliphatic carboxylic acids is 1. The second-order valence-electron chi connectivity index (χ2n) is 17.1. The van der Waals surface area contributed by atoms with E-state index in [0.29, 0.717) is 76.1 Å². The number of phenolic OH excluding ortho intramolecular Hbond substituents is 1. The summed E-state index contributed by atoms with van der Waals surface area (Å²) < 4.78 is 5.72. The van der Waals surface area contributed by atoms with Gasteiger partial charge in [0.05, 0.1) is 27.6 Å². The number of hydrogen-bond acceptors (Lipinski definition) is 12. The molecular formula is C47H64IN7O12S. The van der Waals surface area contributed by atoms with Crippen LogP contribution in [-0.2, 0) is 44.7 Å². The number of rotatable bonds is 29. The maximum Gasteiger partial charge on any atom is 0.339 e. The van der Waals surface area contributed by atoms with Crippen LogP contribution in [0.5, 0.6) is 5.75 Å². The topological polar surface area (TPSA) is 288 Å². The lowest BCUT2D eigenvalue weighted by molar-refractivity contribution is -0.140. The minimum Gasteiger partial charge on any atom is -0.507 e. The number of ether oxygens (including phenoxy) is 1. The molecule has 2 heterocycles. The van der Waals surface area contributed by atoms with Crippen molar-refractivity contribution in [3.63, 3.8) is 0 Å². The second kappa shape index (κ2) is 28.1. The Morgan fingerprint density at radius 1 is 0.809 bits per heavy atom. The molecule has 0 aliphatic carbocycles. The first-order chi connectivity index (χ1) is 32.4. The molecule has 6 atom stereocenters. The van der Waals surface area contributed by atoms with E-state index in [0.717, 1.165) is 25.0 Å². The van der Waals surface area contributed by atoms with Crippen molar-refractivity contribution in [3.05, 3.63) is 62.2 Å². The molecule has 0 radical (unpaired) electrons. The van der Waals surface area contributed by atoms with Crippen molar-refractivity contribution in [1.29, 1.82) is 0 Å². The molecule has 2 aromatic rings. The number of aromatic hydroxyl groups is 1. The average molecular weight is 1080 g/mol. The number of phenols is 1. The number of carboxylic acid groups (broad SMARTS) is 1. The largest absolute Gasteiger partial charge is 0.507 e. The molecule has 19 nitrogen and oxygen atoms in total. The molecule has 2 saturated heterocycles. The van der Waals surface area contributed by atoms with Crippen LogP contribution in [0.3, 0.4) is 0 Å². The number of amides is 7. The van der Waals surface area contributed by atoms with Gasteiger partial charge in [-0.2, -0.15) is 11.8 Å². The number of thioether (sulfide) groups is 1. The number of halogens is 1. The van der Waals surface area contributed by atoms with Crippen molar-refractivity contribution in [1.82, 2.24) is 37.2 Å². The van der Waals surface area contributed by atoms with Gasteiger partial charge in [0, 0.05) is 50.3 Å². The molecule has 0 spiro atoms. The number of Topliss-reactive ketones (excluding diaryl/α,β-unsaturated/α-hetero) is 1. The van der Waals surface area contributed by atoms with E-state index < -0.39 is 72.5 Å². The fourth-order valence-electron chi connectivity index (χ4n) is 8.03. The zero-order valence-corrected chi connectivity index (χ0v) is 41.7. The predicted molar refractivity (Wildman–Crippen MR) is 262 cm³/mol. The highest BCUT2D eigenvalue weighted by atomic mass is 127. The first-order valence-corrected chi connectivity index (χ1v) is 25.1. The predicted octanol–water partition coefficient (Wildman–Crippen LogP) is 3.22. The van der Waals surface area contributed by atoms with Gasteiger partial charge in [-0.3, -0.25) is 33.6 Å². The summed E-state index contributed by atoms with van der Waals surface area (Å²) in [5.74, 6) is -4.02. The van der Waals surface area contributed by atoms with Crippen molar-refractivity contribution in [2.45, 2.75) is 140 Å². The number of unbranched alkanes of at least 4 members (excludes halogenated alkanes) is 4. The number of fused-ring (bicyclic) bond motifs is 1. The summed E-state index contributed by atoms with van der Waals surface area (Å²) >= 11 is 3.80. The number of carboxylic acids is 1. The van der Waals surface area contributed by atoms with Crippen LogP contribution in [-0.4, -0.2) is 124 Å². The molecular weight excluding hydrogens is 1010 g/mol. The van der Waals surface area contributed by atoms with Crippen molar-refractivity contribution >= 4 is 87.6 Å². The minimum atomic E-state index is -1.41. The number of aryl methyl sites for hydroxylation is 2. The molecule has 68 heavy (non-hydrogen) atoms. The number of nitrogens with one attached hydrogen (secondary N) is 7. The molecule has 2 aliphatic heterocycles. The molecule has 2 aromatic carbocycles. The summed E-state index contributed by atoms with van der Waals surface area (Å²) in [5, 5.41) is 39.3. The Bertz CT molecular complexity index is 2120. The molecule has 7 amide bonds. The van der Waals surface area contributed by atoms with E-state index in [1.165, 1.54) is 13.0 Å². The molecule has 9 N–H and O–H groups in total. The normalized spacial score (nSPS) is 17.3. The van der Waals surface area contributed by atoms with Crippen LogP contribution < -0.4 is 37.2 Å². The Morgan fingerprint density at radius 3 is 2.21 bits per heavy atom. The number of esters is 1. The first-order valence-electron chi connectivity index (χ1n) is 23.0. The maximum absolute atomic E-state index is 13.6. The van der Waals surface area contributed by atoms with Gasteiger partial charge in [-0.25, -0.2) is 9.59 Å². The molecule has 4 rings (SSSR count). The van der Waals surface area contributed by atoms with Crippen molar-refractivity contribution in [2.24, 2.45) is 0 Å². The summed E-state index contributed by atoms with van der Waals surface area (Å²) in [6, 6.07) is 6.79. The maximum atomic E-state index is 13.6. The first kappa shape index (κ1) is 55.1. The highest BCUT2D eigenvalue weighted by Gasteiger charge is 2.42. The zero-order chi connectivity index (χ0) is 49.8. The van der Waals surface area contributed by atoms with Crippen LogP contribution in [0.4, 0.5) is 4.79 Å². The zero-order valence-electron chi connectivity index (χ0n) is 38.7. The fraction of sp³-hybridized carbons (Fsp3) is 0.553. The van der Waals surface area contributed by atoms with Crippen molar-refractivity contribution < 1.29 is 58.1 Å². The van der Waals surface area contributed by atoms with Gasteiger partial charge < -0.3 is 52.2 Å². The molecule has 21 heteroatoms. The molecule has 0 aromatic heterocycles. The molecule has 2 aliphatic rings. The molecule has 0 saturated carbocycles. The smallest absolute Gasteiger partial charge is 0.339 e. The lowest BCUT2D eigenvalue weighted by Crippen LogP contribution is -2.54. The standard InChI is InChI=1S/C47H64IN7O12S/c1-27-12-11-13-28(2)42(27)46(65)67-25-37(58)33(24-41(61)62)52-40(60)17-5-4-9-21-50-44(63)34(23-30-18-19-36(57)31(48)22-30)53-45(64)32(51-29(3)56)14-8-10-20-49-39(59)16-7-6-15-38-43-35(26-68-38)54-47(66)55-43/h11-13,18-19,22,32-35,38,43,57H,4-10,14-17,20-21,23-26H2,1-3H3,(H,49,59)(H,50,63)(H,51,56)(H,52,60)(H,53,64)(H,61,62)(H2,54,55,66)/t32-,33-,34-,35+,38?,43+/m0/s1. The van der Waals surface area contributed by atoms with E-state index in [4.69, 9.17) is 4.74 Å². The summed E-state index contributed by atoms with van der Waals surface area (Å²) in [7, 11) is 0. The van der Waals surface area contributed by atoms with Gasteiger partial charge in [0.15, 0.2) is 12.4 Å². The van der Waals surface area contributed by atoms with Crippen molar-refractivity contribution in [3.8, 4) is 5.75 Å². The highest BCUT2D eigenvalue weighted by Crippen LogP contribution is 2.33. The van der Waals surface area contributed by atoms with Crippen LogP contribution in [0.25, 0.3) is 0 Å². The van der Waals surface area contributed by atoms with Gasteiger partial charge in [0.2, 0.25) is 29.5 Å². The van der Waals surface area contributed by atoms with Crippen LogP contribution in [0.1, 0.15) is 111 Å². The number of carbonyl (C=O) groups excluding carboxylic acids is 8. The fourth-order valence-corrected chi connectivity index (χ4v) is 10.2. The van der Waals surface area contributed by atoms with E-state index in [-0.39, 0.29) is 55.6 Å². The average Bonchev–Trinajstić information content (AvgIpc) is 3.84. The van der Waals surface area contributed by atoms with Crippen LogP contribution in [0.15, 0.2) is 36.4 Å². The third kappa shape index (κ3) is 18.6. The van der Waals surface area contributed by atoms with E-state index in [1.807, 2.05) is 34.4 Å². The molecule has 2 fully saturated rings. The summed E-state index contributed by atoms with van der Waals surface area (Å²) in [6.07, 6.45) is 4.76. The van der Waals surface area contributed by atoms with Gasteiger partial charge in [0.1, 0.15) is 23.9 Å². The quantitative estimate of drug-likeness (QED) is 0.0245. The monoisotopic (exact) mass is 1080 g/mol. The number of hydrogen-bond donors (Lipinski definition) is 9. The Hall–Kier alpha value is -5.45. The Labute approximate surface area is 414 Å². The lowest BCUT2D eigenvalue weighted by Gasteiger charge is -2.23. The molecule has 1 unspecified atom stereocenters. The van der Waals surface area contributed by atoms with Crippen LogP contribution in [0.2, 0.25) is 0 Å². The van der Waals surface area contributed by atoms with E-state index in [1.54, 1.807) is 44.2 Å². The van der Waals surface area contributed by atoms with Crippen LogP contribution in [0, 0.1) is 17.4 Å². The highest BCUT2D eigenvalue weighted by molar-refractivity contribution is 14.1. The minimum absolute atomic E-state index is 0.0445. The van der Waals surface area contributed by atoms with E-state index >= 15 is 0 Å². The lowest BCUT2D eigenvalue weighted by atomic mass is 10.0. The summed E-state index contributed by atoms with van der Waals surface area (Å²) in [4.78, 5) is 113. The Morgan fingerprint density at radius 2 is 1.50 bits per heavy atom. The van der Waals surface area contributed by atoms with E-state index in [9.17, 15) is 53.4 Å². The third-order valence-corrected chi connectivity index (χ3v) is 14.0. The summed E-state index contributed by atoms with van der Waals surface area (Å²) in [5.41, 5.74) is 2.27. The Kier molecular flexibility index (Phi) is 22.8. The SMILES string of the molecule is CC(=O)N[C@@H](CCCCNC(=O)CCCCC1SC[C@H]2NC(=O)N[C@@H]12)C(=O)N[C@@H](Cc1ccc(O)c(I)c1)C(=O)NCCCCCC(=O)N[C@@H](CC(=O)O)C(=O)COC(=O)c1c(C)cccc1C. The number of ketones is 1. The van der Waals surface area contributed by atoms with E-state index in [2.05, 4.69) is 37.2 Å². The van der Waals surface area contributed by atoms with Crippen molar-refractivity contribution in [2.75, 3.05) is 25.4 Å². The molecule has 0 bridgehead atoms. The second-order valence-corrected chi connectivity index (χ2v) is 19.6. The summed E-state index contributed by atoms with van der Waals surface area (Å²) in [6.45, 7) is 4.58. The Balaban J connectivity index is 1.20. The number of carbonyl (C=O) groups is 9. The number of benzene rings is 2. The third-order valence-electron chi connectivity index (χ3n) is 11.6. The van der Waals surface area contributed by atoms with Gasteiger partial charge in [-0.1, -0.05) is 37.1 Å². The number of urea groups is 1.